The van der Waals surface area contributed by atoms with E-state index in [1.165, 1.54) is 0 Å². The van der Waals surface area contributed by atoms with Crippen LogP contribution < -0.4 is 26.4 Å². The number of guanidine groups is 2. The second kappa shape index (κ2) is 8.67. The van der Waals surface area contributed by atoms with Crippen LogP contribution in [0.1, 0.15) is 6.42 Å². The van der Waals surface area contributed by atoms with Gasteiger partial charge in [-0.25, -0.2) is 4.99 Å². The van der Waals surface area contributed by atoms with E-state index in [9.17, 15) is 9.59 Å². The highest BCUT2D eigenvalue weighted by atomic mass is 16.5. The van der Waals surface area contributed by atoms with Crippen molar-refractivity contribution in [3.63, 3.8) is 0 Å². The summed E-state index contributed by atoms with van der Waals surface area (Å²) in [5.41, 5.74) is 7.15. The third-order valence-electron chi connectivity index (χ3n) is 3.82. The maximum atomic E-state index is 12.2. The van der Waals surface area contributed by atoms with Crippen molar-refractivity contribution >= 4 is 35.1 Å². The van der Waals surface area contributed by atoms with Crippen LogP contribution in [0.2, 0.25) is 0 Å². The number of nitrogens with two attached hydrogens (primary N) is 1. The monoisotopic (exact) mass is 380 g/mol. The van der Waals surface area contributed by atoms with Crippen molar-refractivity contribution < 1.29 is 14.3 Å². The van der Waals surface area contributed by atoms with Crippen molar-refractivity contribution in [2.24, 2.45) is 15.7 Å². The Balaban J connectivity index is 1.59. The Kier molecular flexibility index (Phi) is 5.85. The fourth-order valence-electron chi connectivity index (χ4n) is 2.53. The first-order chi connectivity index (χ1) is 13.5. The van der Waals surface area contributed by atoms with E-state index in [1.54, 1.807) is 31.4 Å². The number of rotatable bonds is 5. The number of amides is 2. The Morgan fingerprint density at radius 1 is 1.18 bits per heavy atom. The van der Waals surface area contributed by atoms with E-state index in [4.69, 9.17) is 10.5 Å². The van der Waals surface area contributed by atoms with Crippen LogP contribution in [0.3, 0.4) is 0 Å². The molecule has 0 radical (unpaired) electrons. The number of carbonyl (C=O) groups excluding carboxylic acids is 2. The number of para-hydroxylation sites is 1. The largest absolute Gasteiger partial charge is 0.497 e. The topological polar surface area (TPSA) is 130 Å². The van der Waals surface area contributed by atoms with Gasteiger partial charge in [-0.2, -0.15) is 4.99 Å². The highest BCUT2D eigenvalue weighted by Crippen LogP contribution is 2.17. The van der Waals surface area contributed by atoms with E-state index < -0.39 is 11.9 Å². The van der Waals surface area contributed by atoms with Crippen LogP contribution in [-0.4, -0.2) is 36.9 Å². The van der Waals surface area contributed by atoms with Crippen molar-refractivity contribution in [2.75, 3.05) is 17.7 Å². The zero-order valence-electron chi connectivity index (χ0n) is 15.2. The van der Waals surface area contributed by atoms with Gasteiger partial charge < -0.3 is 21.1 Å². The standard InChI is InChI=1S/C19H20N6O3/c1-28-14-9-5-8-13(10-14)21-16(26)11-15-17(27)24-19(23-15)25-18(20)22-12-6-3-2-4-7-12/h2-10,15H,11H2,1H3,(H,21,26)(H4,20,22,23,24,25,27)/t15-/m1/s1. The van der Waals surface area contributed by atoms with Crippen LogP contribution >= 0.6 is 0 Å². The SMILES string of the molecule is COc1cccc(NC(=O)C[C@H]2N=C(N=C(N)Nc3ccccc3)NC2=O)c1. The molecule has 0 aromatic heterocycles. The fraction of sp³-hybridized carbons (Fsp3) is 0.158. The third kappa shape index (κ3) is 5.07. The lowest BCUT2D eigenvalue weighted by Gasteiger charge is -2.08. The molecule has 28 heavy (non-hydrogen) atoms. The van der Waals surface area contributed by atoms with Crippen molar-refractivity contribution in [3.8, 4) is 5.75 Å². The smallest absolute Gasteiger partial charge is 0.252 e. The van der Waals surface area contributed by atoms with Gasteiger partial charge in [0.15, 0.2) is 0 Å². The van der Waals surface area contributed by atoms with E-state index in [1.807, 2.05) is 30.3 Å². The number of hydrogen-bond acceptors (Lipinski definition) is 5. The molecule has 9 heteroatoms. The third-order valence-corrected chi connectivity index (χ3v) is 3.82. The van der Waals surface area contributed by atoms with Gasteiger partial charge in [0.1, 0.15) is 11.8 Å². The number of carbonyl (C=O) groups is 2. The fourth-order valence-corrected chi connectivity index (χ4v) is 2.53. The Hall–Kier alpha value is -3.88. The van der Waals surface area contributed by atoms with Crippen LogP contribution in [0.5, 0.6) is 5.75 Å². The van der Waals surface area contributed by atoms with E-state index in [0.717, 1.165) is 5.69 Å². The quantitative estimate of drug-likeness (QED) is 0.459. The van der Waals surface area contributed by atoms with Gasteiger partial charge in [0.2, 0.25) is 17.8 Å². The molecule has 0 bridgehead atoms. The van der Waals surface area contributed by atoms with E-state index in [2.05, 4.69) is 25.9 Å². The Labute approximate surface area is 161 Å². The van der Waals surface area contributed by atoms with Gasteiger partial charge in [-0.05, 0) is 24.3 Å². The van der Waals surface area contributed by atoms with E-state index >= 15 is 0 Å². The number of anilines is 2. The molecule has 1 heterocycles. The normalized spacial score (nSPS) is 16.2. The molecule has 144 valence electrons. The number of methoxy groups -OCH3 is 1. The van der Waals surface area contributed by atoms with Gasteiger partial charge in [0.25, 0.3) is 5.91 Å². The molecule has 1 aliphatic rings. The summed E-state index contributed by atoms with van der Waals surface area (Å²) >= 11 is 0. The van der Waals surface area contributed by atoms with Crippen molar-refractivity contribution in [3.05, 3.63) is 54.6 Å². The first kappa shape index (κ1) is 18.9. The minimum Gasteiger partial charge on any atom is -0.497 e. The van der Waals surface area contributed by atoms with Crippen LogP contribution in [0.25, 0.3) is 0 Å². The van der Waals surface area contributed by atoms with Gasteiger partial charge in [-0.3, -0.25) is 14.9 Å². The molecule has 0 unspecified atom stereocenters. The lowest BCUT2D eigenvalue weighted by atomic mass is 10.2. The average Bonchev–Trinajstić information content (AvgIpc) is 3.01. The van der Waals surface area contributed by atoms with Gasteiger partial charge in [0, 0.05) is 17.4 Å². The summed E-state index contributed by atoms with van der Waals surface area (Å²) in [6, 6.07) is 15.3. The average molecular weight is 380 g/mol. The second-order valence-electron chi connectivity index (χ2n) is 5.93. The van der Waals surface area contributed by atoms with Crippen LogP contribution in [-0.2, 0) is 9.59 Å². The summed E-state index contributed by atoms with van der Waals surface area (Å²) in [5, 5.41) is 8.11. The van der Waals surface area contributed by atoms with Gasteiger partial charge >= 0.3 is 0 Å². The molecule has 3 rings (SSSR count). The van der Waals surface area contributed by atoms with Crippen LogP contribution in [0.4, 0.5) is 11.4 Å². The van der Waals surface area contributed by atoms with Crippen LogP contribution in [0.15, 0.2) is 64.6 Å². The minimum atomic E-state index is -0.867. The number of benzene rings is 2. The lowest BCUT2D eigenvalue weighted by Crippen LogP contribution is -2.32. The first-order valence-corrected chi connectivity index (χ1v) is 8.52. The number of nitrogens with one attached hydrogen (secondary N) is 3. The van der Waals surface area contributed by atoms with Crippen molar-refractivity contribution in [1.82, 2.24) is 5.32 Å². The van der Waals surface area contributed by atoms with Gasteiger partial charge in [-0.1, -0.05) is 24.3 Å². The van der Waals surface area contributed by atoms with Crippen molar-refractivity contribution in [1.29, 1.82) is 0 Å². The summed E-state index contributed by atoms with van der Waals surface area (Å²) in [4.78, 5) is 32.4. The number of aliphatic imine (C=N–C) groups is 2. The minimum absolute atomic E-state index is 0.0603. The number of nitrogens with zero attached hydrogens (tertiary/aromatic N) is 2. The molecule has 1 aliphatic heterocycles. The zero-order chi connectivity index (χ0) is 19.9. The molecule has 0 aliphatic carbocycles. The molecule has 1 atom stereocenters. The first-order valence-electron chi connectivity index (χ1n) is 8.52. The zero-order valence-corrected chi connectivity index (χ0v) is 15.2. The van der Waals surface area contributed by atoms with E-state index in [-0.39, 0.29) is 24.2 Å². The summed E-state index contributed by atoms with van der Waals surface area (Å²) in [5.74, 6) is -0.00546. The molecule has 0 spiro atoms. The van der Waals surface area contributed by atoms with E-state index in [0.29, 0.717) is 11.4 Å². The summed E-state index contributed by atoms with van der Waals surface area (Å²) in [6.07, 6.45) is -0.117. The molecule has 0 saturated heterocycles. The lowest BCUT2D eigenvalue weighted by molar-refractivity contribution is -0.123. The molecule has 9 nitrogen and oxygen atoms in total. The summed E-state index contributed by atoms with van der Waals surface area (Å²) in [6.45, 7) is 0. The molecule has 2 aromatic rings. The van der Waals surface area contributed by atoms with Crippen LogP contribution in [0, 0.1) is 0 Å². The Morgan fingerprint density at radius 3 is 2.68 bits per heavy atom. The van der Waals surface area contributed by atoms with Crippen molar-refractivity contribution in [2.45, 2.75) is 12.5 Å². The molecule has 0 fully saturated rings. The predicted molar refractivity (Wildman–Crippen MR) is 107 cm³/mol. The maximum absolute atomic E-state index is 12.2. The molecular weight excluding hydrogens is 360 g/mol. The highest BCUT2D eigenvalue weighted by Gasteiger charge is 2.28. The summed E-state index contributed by atoms with van der Waals surface area (Å²) in [7, 11) is 1.54. The Bertz CT molecular complexity index is 926. The second-order valence-corrected chi connectivity index (χ2v) is 5.93. The molecule has 5 N–H and O–H groups in total. The number of ether oxygens (including phenoxy) is 1. The highest BCUT2D eigenvalue weighted by molar-refractivity contribution is 6.11. The molecule has 0 saturated carbocycles. The van der Waals surface area contributed by atoms with Gasteiger partial charge in [0.05, 0.1) is 13.5 Å². The molecule has 2 amide bonds. The molecular formula is C19H20N6O3. The Morgan fingerprint density at radius 2 is 1.93 bits per heavy atom. The molecule has 2 aromatic carbocycles. The predicted octanol–water partition coefficient (Wildman–Crippen LogP) is 1.30. The summed E-state index contributed by atoms with van der Waals surface area (Å²) < 4.78 is 5.11. The number of hydrogen-bond donors (Lipinski definition) is 4. The van der Waals surface area contributed by atoms with Gasteiger partial charge in [-0.15, -0.1) is 0 Å². The maximum Gasteiger partial charge on any atom is 0.252 e.